The summed E-state index contributed by atoms with van der Waals surface area (Å²) in [5.41, 5.74) is 0.549. The summed E-state index contributed by atoms with van der Waals surface area (Å²) >= 11 is 0. The van der Waals surface area contributed by atoms with Crippen LogP contribution in [0.1, 0.15) is 6.42 Å². The minimum atomic E-state index is 0.239. The van der Waals surface area contributed by atoms with Gasteiger partial charge in [0.1, 0.15) is 0 Å². The van der Waals surface area contributed by atoms with Crippen molar-refractivity contribution < 1.29 is 0 Å². The van der Waals surface area contributed by atoms with Crippen molar-refractivity contribution in [3.8, 4) is 6.07 Å². The molecule has 0 unspecified atom stereocenters. The van der Waals surface area contributed by atoms with Crippen molar-refractivity contribution in [2.24, 2.45) is 9.98 Å². The number of hydrogen-bond acceptors (Lipinski definition) is 3. The molecule has 0 N–H and O–H groups in total. The number of nitriles is 1. The molecule has 3 nitrogen and oxygen atoms in total. The number of aliphatic imine (C=N–C) groups is 2. The smallest absolute Gasteiger partial charge is 0.0790 e. The molecular weight excluding hydrogens is 114 g/mol. The standard InChI is InChI=1S/C6H7N3/c1-8-5-6(9-2)3-4-7/h5H,1-3H2/b6-5-. The summed E-state index contributed by atoms with van der Waals surface area (Å²) in [6.07, 6.45) is 1.65. The highest BCUT2D eigenvalue weighted by molar-refractivity contribution is 5.32. The highest BCUT2D eigenvalue weighted by atomic mass is 14.8. The molecule has 0 spiro atoms. The van der Waals surface area contributed by atoms with E-state index >= 15 is 0 Å². The maximum atomic E-state index is 8.15. The maximum absolute atomic E-state index is 8.15. The number of nitrogens with zero attached hydrogens (tertiary/aromatic N) is 3. The molecule has 0 saturated heterocycles. The molecule has 0 radical (unpaired) electrons. The zero-order valence-electron chi connectivity index (χ0n) is 5.04. The zero-order chi connectivity index (χ0) is 7.11. The first kappa shape index (κ1) is 7.57. The van der Waals surface area contributed by atoms with Crippen molar-refractivity contribution in [3.63, 3.8) is 0 Å². The van der Waals surface area contributed by atoms with Crippen LogP contribution in [0, 0.1) is 11.3 Å². The molecule has 0 atom stereocenters. The Kier molecular flexibility index (Phi) is 3.97. The molecule has 9 heavy (non-hydrogen) atoms. The normalized spacial score (nSPS) is 9.89. The molecule has 0 aromatic carbocycles. The molecule has 0 fully saturated rings. The SMILES string of the molecule is C=N/C=C(/CC#N)N=C. The van der Waals surface area contributed by atoms with Gasteiger partial charge in [0.25, 0.3) is 0 Å². The van der Waals surface area contributed by atoms with Gasteiger partial charge in [-0.25, -0.2) is 0 Å². The first-order chi connectivity index (χ1) is 4.35. The Hall–Kier alpha value is -1.43. The van der Waals surface area contributed by atoms with Crippen LogP contribution in [-0.2, 0) is 0 Å². The third-order valence-electron chi connectivity index (χ3n) is 0.704. The Morgan fingerprint density at radius 1 is 1.67 bits per heavy atom. The van der Waals surface area contributed by atoms with Gasteiger partial charge in [0.15, 0.2) is 0 Å². The molecule has 0 saturated carbocycles. The molecule has 0 heterocycles. The van der Waals surface area contributed by atoms with E-state index in [1.807, 2.05) is 6.07 Å². The number of allylic oxidation sites excluding steroid dienone is 1. The fourth-order valence-corrected chi connectivity index (χ4v) is 0.329. The van der Waals surface area contributed by atoms with Gasteiger partial charge in [-0.3, -0.25) is 9.98 Å². The first-order valence-corrected chi connectivity index (χ1v) is 2.33. The predicted octanol–water partition coefficient (Wildman–Crippen LogP) is 1.14. The van der Waals surface area contributed by atoms with Crippen LogP contribution in [0.4, 0.5) is 0 Å². The largest absolute Gasteiger partial charge is 0.271 e. The van der Waals surface area contributed by atoms with Gasteiger partial charge in [-0.15, -0.1) is 0 Å². The Morgan fingerprint density at radius 2 is 2.33 bits per heavy atom. The fraction of sp³-hybridized carbons (Fsp3) is 0.167. The van der Waals surface area contributed by atoms with Crippen molar-refractivity contribution in [2.45, 2.75) is 6.42 Å². The first-order valence-electron chi connectivity index (χ1n) is 2.33. The lowest BCUT2D eigenvalue weighted by Gasteiger charge is -1.86. The van der Waals surface area contributed by atoms with Crippen LogP contribution in [0.25, 0.3) is 0 Å². The van der Waals surface area contributed by atoms with E-state index in [-0.39, 0.29) is 6.42 Å². The van der Waals surface area contributed by atoms with E-state index in [1.165, 1.54) is 6.20 Å². The van der Waals surface area contributed by atoms with E-state index in [2.05, 4.69) is 23.4 Å². The molecule has 46 valence electrons. The molecule has 0 aliphatic heterocycles. The van der Waals surface area contributed by atoms with Gasteiger partial charge in [0, 0.05) is 6.20 Å². The third kappa shape index (κ3) is 3.18. The summed E-state index contributed by atoms with van der Waals surface area (Å²) in [6.45, 7) is 6.45. The summed E-state index contributed by atoms with van der Waals surface area (Å²) in [5, 5.41) is 8.15. The lowest BCUT2D eigenvalue weighted by atomic mass is 10.4. The van der Waals surface area contributed by atoms with Gasteiger partial charge < -0.3 is 0 Å². The molecule has 0 aliphatic rings. The third-order valence-corrected chi connectivity index (χ3v) is 0.704. The summed E-state index contributed by atoms with van der Waals surface area (Å²) in [6, 6.07) is 1.91. The van der Waals surface area contributed by atoms with Crippen molar-refractivity contribution in [1.82, 2.24) is 0 Å². The average molecular weight is 121 g/mol. The minimum absolute atomic E-state index is 0.239. The highest BCUT2D eigenvalue weighted by Crippen LogP contribution is 1.99. The van der Waals surface area contributed by atoms with Crippen LogP contribution in [0.3, 0.4) is 0 Å². The van der Waals surface area contributed by atoms with Gasteiger partial charge in [-0.05, 0) is 13.4 Å². The molecule has 0 amide bonds. The van der Waals surface area contributed by atoms with E-state index in [4.69, 9.17) is 5.26 Å². The molecule has 3 heteroatoms. The van der Waals surface area contributed by atoms with Crippen LogP contribution in [0.15, 0.2) is 21.9 Å². The zero-order valence-corrected chi connectivity index (χ0v) is 5.04. The monoisotopic (exact) mass is 121 g/mol. The minimum Gasteiger partial charge on any atom is -0.271 e. The maximum Gasteiger partial charge on any atom is 0.0790 e. The van der Waals surface area contributed by atoms with Crippen molar-refractivity contribution in [1.29, 1.82) is 5.26 Å². The van der Waals surface area contributed by atoms with E-state index in [1.54, 1.807) is 0 Å². The van der Waals surface area contributed by atoms with E-state index in [9.17, 15) is 0 Å². The van der Waals surface area contributed by atoms with E-state index in [0.717, 1.165) is 0 Å². The molecule has 0 aromatic heterocycles. The summed E-state index contributed by atoms with van der Waals surface area (Å²) < 4.78 is 0. The van der Waals surface area contributed by atoms with Gasteiger partial charge in [-0.2, -0.15) is 5.26 Å². The van der Waals surface area contributed by atoms with Crippen molar-refractivity contribution >= 4 is 13.4 Å². The Labute approximate surface area is 54.1 Å². The van der Waals surface area contributed by atoms with Crippen molar-refractivity contribution in [3.05, 3.63) is 11.9 Å². The Morgan fingerprint density at radius 3 is 2.67 bits per heavy atom. The van der Waals surface area contributed by atoms with Crippen LogP contribution >= 0.6 is 0 Å². The second-order valence-corrected chi connectivity index (χ2v) is 1.30. The lowest BCUT2D eigenvalue weighted by molar-refractivity contribution is 1.16. The fourth-order valence-electron chi connectivity index (χ4n) is 0.329. The molecule has 0 aromatic rings. The van der Waals surface area contributed by atoms with Gasteiger partial charge in [-0.1, -0.05) is 0 Å². The van der Waals surface area contributed by atoms with Crippen LogP contribution in [0.2, 0.25) is 0 Å². The molecule has 0 bridgehead atoms. The van der Waals surface area contributed by atoms with Gasteiger partial charge in [0.05, 0.1) is 18.2 Å². The molecule has 0 rings (SSSR count). The Bertz CT molecular complexity index is 173. The summed E-state index contributed by atoms with van der Waals surface area (Å²) in [7, 11) is 0. The second kappa shape index (κ2) is 4.72. The van der Waals surface area contributed by atoms with Gasteiger partial charge in [0.2, 0.25) is 0 Å². The van der Waals surface area contributed by atoms with E-state index in [0.29, 0.717) is 5.70 Å². The van der Waals surface area contributed by atoms with Crippen LogP contribution in [0.5, 0.6) is 0 Å². The van der Waals surface area contributed by atoms with Crippen molar-refractivity contribution in [2.75, 3.05) is 0 Å². The van der Waals surface area contributed by atoms with Gasteiger partial charge >= 0.3 is 0 Å². The quantitative estimate of drug-likeness (QED) is 0.516. The lowest BCUT2D eigenvalue weighted by Crippen LogP contribution is -1.72. The molecular formula is C6H7N3. The topological polar surface area (TPSA) is 48.5 Å². The highest BCUT2D eigenvalue weighted by Gasteiger charge is 1.86. The van der Waals surface area contributed by atoms with Crippen LogP contribution < -0.4 is 0 Å². The van der Waals surface area contributed by atoms with Crippen LogP contribution in [-0.4, -0.2) is 13.4 Å². The number of rotatable bonds is 3. The Balaban J connectivity index is 4.00. The second-order valence-electron chi connectivity index (χ2n) is 1.30. The van der Waals surface area contributed by atoms with E-state index < -0.39 is 0 Å². The molecule has 0 aliphatic carbocycles. The predicted molar refractivity (Wildman–Crippen MR) is 37.4 cm³/mol. The summed E-state index contributed by atoms with van der Waals surface area (Å²) in [5.74, 6) is 0. The average Bonchev–Trinajstić information content (AvgIpc) is 1.88. The number of hydrogen-bond donors (Lipinski definition) is 0. The summed E-state index contributed by atoms with van der Waals surface area (Å²) in [4.78, 5) is 6.95.